The molecule has 1 saturated heterocycles. The fourth-order valence-electron chi connectivity index (χ4n) is 1.30. The van der Waals surface area contributed by atoms with Crippen molar-refractivity contribution in [3.8, 4) is 5.75 Å². The minimum Gasteiger partial charge on any atom is -0.490 e. The lowest BCUT2D eigenvalue weighted by Gasteiger charge is -2.10. The van der Waals surface area contributed by atoms with Gasteiger partial charge in [-0.15, -0.1) is 0 Å². The zero-order chi connectivity index (χ0) is 12.5. The topological polar surface area (TPSA) is 38.8 Å². The molecule has 92 valence electrons. The Morgan fingerprint density at radius 2 is 2.18 bits per heavy atom. The first kappa shape index (κ1) is 11.9. The van der Waals surface area contributed by atoms with Gasteiger partial charge in [-0.3, -0.25) is 4.79 Å². The van der Waals surface area contributed by atoms with Crippen LogP contribution < -0.4 is 4.74 Å². The lowest BCUT2D eigenvalue weighted by molar-refractivity contribution is -0.137. The molecule has 0 amide bonds. The van der Waals surface area contributed by atoms with Gasteiger partial charge < -0.3 is 9.47 Å². The van der Waals surface area contributed by atoms with E-state index in [-0.39, 0.29) is 24.0 Å². The molecule has 1 aliphatic heterocycles. The van der Waals surface area contributed by atoms with Crippen LogP contribution in [0.4, 0.5) is 13.2 Å². The molecule has 1 aromatic rings. The van der Waals surface area contributed by atoms with E-state index in [1.165, 1.54) is 0 Å². The summed E-state index contributed by atoms with van der Waals surface area (Å²) in [7, 11) is 0. The van der Waals surface area contributed by atoms with Crippen LogP contribution in [0.15, 0.2) is 18.2 Å². The summed E-state index contributed by atoms with van der Waals surface area (Å²) in [4.78, 5) is 10.7. The van der Waals surface area contributed by atoms with Crippen molar-refractivity contribution in [2.24, 2.45) is 0 Å². The number of hydrogen-bond donors (Lipinski definition) is 0. The van der Waals surface area contributed by atoms with Gasteiger partial charge in [-0.05, 0) is 18.2 Å². The lowest BCUT2D eigenvalue weighted by Crippen LogP contribution is -2.09. The van der Waals surface area contributed by atoms with Crippen molar-refractivity contribution in [1.29, 1.82) is 0 Å². The van der Waals surface area contributed by atoms with Gasteiger partial charge in [-0.1, -0.05) is 0 Å². The molecule has 0 bridgehead atoms. The molecule has 0 spiro atoms. The zero-order valence-electron chi connectivity index (χ0n) is 8.66. The quantitative estimate of drug-likeness (QED) is 0.604. The summed E-state index contributed by atoms with van der Waals surface area (Å²) in [5, 5.41) is 0. The molecule has 1 aromatic carbocycles. The van der Waals surface area contributed by atoms with E-state index in [9.17, 15) is 18.0 Å². The van der Waals surface area contributed by atoms with Crippen molar-refractivity contribution < 1.29 is 27.4 Å². The highest BCUT2D eigenvalue weighted by Gasteiger charge is 2.31. The van der Waals surface area contributed by atoms with Gasteiger partial charge in [0.1, 0.15) is 18.5 Å². The van der Waals surface area contributed by atoms with Crippen molar-refractivity contribution in [3.63, 3.8) is 0 Å². The highest BCUT2D eigenvalue weighted by molar-refractivity contribution is 5.79. The van der Waals surface area contributed by atoms with E-state index in [1.54, 1.807) is 0 Å². The molecule has 1 unspecified atom stereocenters. The number of benzene rings is 1. The molecule has 6 heteroatoms. The van der Waals surface area contributed by atoms with E-state index in [4.69, 9.17) is 9.47 Å². The molecule has 0 radical (unpaired) electrons. The van der Waals surface area contributed by atoms with E-state index in [2.05, 4.69) is 0 Å². The summed E-state index contributed by atoms with van der Waals surface area (Å²) >= 11 is 0. The second-order valence-electron chi connectivity index (χ2n) is 3.63. The van der Waals surface area contributed by atoms with Gasteiger partial charge in [0, 0.05) is 0 Å². The van der Waals surface area contributed by atoms with Crippen molar-refractivity contribution in [1.82, 2.24) is 0 Å². The van der Waals surface area contributed by atoms with Crippen LogP contribution in [0.2, 0.25) is 0 Å². The number of aldehydes is 1. The molecule has 0 aromatic heterocycles. The molecule has 0 N–H and O–H groups in total. The number of carbonyl (C=O) groups excluding carboxylic acids is 1. The Hall–Kier alpha value is -1.56. The lowest BCUT2D eigenvalue weighted by atomic mass is 10.1. The molecule has 0 saturated carbocycles. The number of carbonyl (C=O) groups is 1. The maximum atomic E-state index is 12.4. The van der Waals surface area contributed by atoms with Crippen molar-refractivity contribution in [2.45, 2.75) is 12.3 Å². The van der Waals surface area contributed by atoms with Crippen LogP contribution >= 0.6 is 0 Å². The fraction of sp³-hybridized carbons (Fsp3) is 0.364. The van der Waals surface area contributed by atoms with Crippen molar-refractivity contribution in [2.75, 3.05) is 13.2 Å². The van der Waals surface area contributed by atoms with Gasteiger partial charge in [0.05, 0.1) is 17.7 Å². The third-order valence-electron chi connectivity index (χ3n) is 2.29. The van der Waals surface area contributed by atoms with E-state index < -0.39 is 11.7 Å². The Labute approximate surface area is 95.1 Å². The van der Waals surface area contributed by atoms with Gasteiger partial charge in [0.2, 0.25) is 0 Å². The minimum atomic E-state index is -4.46. The third-order valence-corrected chi connectivity index (χ3v) is 2.29. The van der Waals surface area contributed by atoms with E-state index in [1.807, 2.05) is 0 Å². The van der Waals surface area contributed by atoms with Crippen LogP contribution in [0.3, 0.4) is 0 Å². The molecule has 1 fully saturated rings. The predicted octanol–water partition coefficient (Wildman–Crippen LogP) is 2.30. The number of ether oxygens (including phenoxy) is 2. The summed E-state index contributed by atoms with van der Waals surface area (Å²) in [5.41, 5.74) is -0.977. The van der Waals surface area contributed by atoms with Crippen LogP contribution in [0.5, 0.6) is 5.75 Å². The zero-order valence-corrected chi connectivity index (χ0v) is 8.66. The first-order chi connectivity index (χ1) is 8.00. The predicted molar refractivity (Wildman–Crippen MR) is 52.1 cm³/mol. The normalized spacial score (nSPS) is 18.9. The van der Waals surface area contributed by atoms with E-state index in [0.717, 1.165) is 18.2 Å². The van der Waals surface area contributed by atoms with Gasteiger partial charge in [0.25, 0.3) is 0 Å². The smallest absolute Gasteiger partial charge is 0.416 e. The summed E-state index contributed by atoms with van der Waals surface area (Å²) in [6, 6.07) is 2.81. The second kappa shape index (κ2) is 4.37. The summed E-state index contributed by atoms with van der Waals surface area (Å²) < 4.78 is 47.2. The second-order valence-corrected chi connectivity index (χ2v) is 3.63. The molecule has 17 heavy (non-hydrogen) atoms. The molecule has 1 heterocycles. The molecule has 3 nitrogen and oxygen atoms in total. The largest absolute Gasteiger partial charge is 0.490 e. The van der Waals surface area contributed by atoms with Gasteiger partial charge in [0.15, 0.2) is 6.29 Å². The molecular weight excluding hydrogens is 237 g/mol. The van der Waals surface area contributed by atoms with Crippen LogP contribution in [-0.2, 0) is 10.9 Å². The van der Waals surface area contributed by atoms with Gasteiger partial charge >= 0.3 is 6.18 Å². The Balaban J connectivity index is 2.18. The monoisotopic (exact) mass is 246 g/mol. The minimum absolute atomic E-state index is 0.0169. The summed E-state index contributed by atoms with van der Waals surface area (Å²) in [5.74, 6) is 0.142. The van der Waals surface area contributed by atoms with E-state index >= 15 is 0 Å². The molecule has 1 atom stereocenters. The molecule has 2 rings (SSSR count). The Kier molecular flexibility index (Phi) is 3.06. The van der Waals surface area contributed by atoms with Crippen LogP contribution in [-0.4, -0.2) is 25.6 Å². The SMILES string of the molecule is O=Cc1cc(C(F)(F)F)ccc1OCC1CO1. The van der Waals surface area contributed by atoms with Crippen molar-refractivity contribution >= 4 is 6.29 Å². The highest BCUT2D eigenvalue weighted by Crippen LogP contribution is 2.32. The fourth-order valence-corrected chi connectivity index (χ4v) is 1.30. The highest BCUT2D eigenvalue weighted by atomic mass is 19.4. The van der Waals surface area contributed by atoms with Crippen LogP contribution in [0.25, 0.3) is 0 Å². The van der Waals surface area contributed by atoms with Crippen molar-refractivity contribution in [3.05, 3.63) is 29.3 Å². The molecule has 1 aliphatic rings. The van der Waals surface area contributed by atoms with Gasteiger partial charge in [-0.2, -0.15) is 13.2 Å². The summed E-state index contributed by atoms with van der Waals surface area (Å²) in [6.45, 7) is 0.823. The Morgan fingerprint density at radius 1 is 1.47 bits per heavy atom. The number of hydrogen-bond acceptors (Lipinski definition) is 3. The Morgan fingerprint density at radius 3 is 2.71 bits per heavy atom. The average Bonchev–Trinajstić information content (AvgIpc) is 3.08. The third kappa shape index (κ3) is 2.97. The maximum absolute atomic E-state index is 12.4. The first-order valence-electron chi connectivity index (χ1n) is 4.91. The summed E-state index contributed by atoms with van der Waals surface area (Å²) in [6.07, 6.45) is -4.13. The Bertz CT molecular complexity index is 424. The standard InChI is InChI=1S/C11H9F3O3/c12-11(13,14)8-1-2-10(7(3-8)4-15)17-6-9-5-16-9/h1-4,9H,5-6H2. The number of epoxide rings is 1. The number of halogens is 3. The van der Waals surface area contributed by atoms with E-state index in [0.29, 0.717) is 12.9 Å². The maximum Gasteiger partial charge on any atom is 0.416 e. The molecule has 0 aliphatic carbocycles. The van der Waals surface area contributed by atoms with Crippen LogP contribution in [0.1, 0.15) is 15.9 Å². The average molecular weight is 246 g/mol. The molecular formula is C11H9F3O3. The first-order valence-corrected chi connectivity index (χ1v) is 4.91. The van der Waals surface area contributed by atoms with Crippen LogP contribution in [0, 0.1) is 0 Å². The van der Waals surface area contributed by atoms with Gasteiger partial charge in [-0.25, -0.2) is 0 Å². The number of alkyl halides is 3. The number of rotatable bonds is 4.